The Morgan fingerprint density at radius 2 is 1.85 bits per heavy atom. The third-order valence-corrected chi connectivity index (χ3v) is 14.2. The first-order valence-electron chi connectivity index (χ1n) is 22.5. The Morgan fingerprint density at radius 1 is 1.04 bits per heavy atom. The molecule has 1 spiro atoms. The van der Waals surface area contributed by atoms with Crippen molar-refractivity contribution in [2.45, 2.75) is 88.6 Å². The number of rotatable bonds is 8. The van der Waals surface area contributed by atoms with Crippen LogP contribution in [0.15, 0.2) is 72.8 Å². The number of nitrogens with zero attached hydrogens (tertiary/aromatic N) is 2. The van der Waals surface area contributed by atoms with Crippen molar-refractivity contribution in [3.63, 3.8) is 0 Å². The second kappa shape index (κ2) is 18.3. The van der Waals surface area contributed by atoms with Gasteiger partial charge in [-0.25, -0.2) is 4.39 Å². The van der Waals surface area contributed by atoms with Crippen LogP contribution in [-0.4, -0.2) is 96.9 Å². The minimum absolute atomic E-state index is 0.0368. The van der Waals surface area contributed by atoms with E-state index in [1.54, 1.807) is 47.4 Å². The van der Waals surface area contributed by atoms with Crippen molar-refractivity contribution in [2.24, 2.45) is 5.41 Å². The molecular formula is C51H51Cl2FN6O7. The maximum atomic E-state index is 16.3. The molecule has 3 saturated heterocycles. The second-order valence-electron chi connectivity index (χ2n) is 19.1. The average Bonchev–Trinajstić information content (AvgIpc) is 3.95. The van der Waals surface area contributed by atoms with Crippen LogP contribution in [0, 0.1) is 23.1 Å². The standard InChI is InChI=1S/C51H51Cl2FN6O7/c1-50(2,3)24-41-51(27-55-38-23-30(52)15-16-35(38)51)43(33-12-7-13-36(53)44(33)54)45(57-41)47(63)56-37-17-14-29(22-40(37)66-4)48(64)59-20-21-67-31(25-59)10-5-8-28-9-6-11-32-34(28)26-60(49(32)65)39-18-19-42(61)58-46(39)62/h6-7,9,11-17,22-23,31,39,41,43,45,55,57H,10,18-21,24-27H2,1-4H3,(H,56,63)(H,58,61,62)/t31-,39?,41-,43-,45+,51-/m0/s1. The number of carbonyl (C=O) groups excluding carboxylic acids is 5. The number of imide groups is 1. The molecule has 0 radical (unpaired) electrons. The van der Waals surface area contributed by atoms with Crippen LogP contribution in [0.3, 0.4) is 0 Å². The Morgan fingerprint density at radius 3 is 2.63 bits per heavy atom. The van der Waals surface area contributed by atoms with E-state index in [-0.39, 0.29) is 72.0 Å². The third kappa shape index (κ3) is 8.74. The number of carbonyl (C=O) groups is 5. The van der Waals surface area contributed by atoms with Gasteiger partial charge in [0.1, 0.15) is 17.6 Å². The maximum Gasteiger partial charge on any atom is 0.255 e. The van der Waals surface area contributed by atoms with Crippen molar-refractivity contribution in [1.82, 2.24) is 20.4 Å². The Labute approximate surface area is 398 Å². The van der Waals surface area contributed by atoms with Crippen LogP contribution in [0.5, 0.6) is 5.75 Å². The minimum Gasteiger partial charge on any atom is -0.495 e. The first-order valence-corrected chi connectivity index (χ1v) is 23.2. The predicted octanol–water partition coefficient (Wildman–Crippen LogP) is 7.05. The Kier molecular flexibility index (Phi) is 12.6. The molecule has 5 aliphatic rings. The Bertz CT molecular complexity index is 2770. The number of piperidine rings is 1. The van der Waals surface area contributed by atoms with Crippen LogP contribution in [0.1, 0.15) is 95.3 Å². The molecule has 4 aromatic carbocycles. The highest BCUT2D eigenvalue weighted by atomic mass is 35.5. The van der Waals surface area contributed by atoms with Gasteiger partial charge >= 0.3 is 0 Å². The van der Waals surface area contributed by atoms with Gasteiger partial charge in [-0.1, -0.05) is 80.1 Å². The molecule has 5 aliphatic heterocycles. The summed E-state index contributed by atoms with van der Waals surface area (Å²) < 4.78 is 28.1. The topological polar surface area (TPSA) is 158 Å². The number of nitrogens with one attached hydrogen (secondary N) is 4. The predicted molar refractivity (Wildman–Crippen MR) is 252 cm³/mol. The summed E-state index contributed by atoms with van der Waals surface area (Å²) in [6.07, 6.45) is 1.03. The van der Waals surface area contributed by atoms with Crippen molar-refractivity contribution in [2.75, 3.05) is 44.0 Å². The van der Waals surface area contributed by atoms with Gasteiger partial charge in [0.2, 0.25) is 17.7 Å². The van der Waals surface area contributed by atoms with Crippen molar-refractivity contribution in [3.05, 3.63) is 122 Å². The lowest BCUT2D eigenvalue weighted by Gasteiger charge is -2.39. The lowest BCUT2D eigenvalue weighted by molar-refractivity contribution is -0.137. The van der Waals surface area contributed by atoms with Gasteiger partial charge in [0, 0.05) is 83.8 Å². The molecule has 0 saturated carbocycles. The molecular weight excluding hydrogens is 898 g/mol. The first-order chi connectivity index (χ1) is 32.1. The molecule has 5 heterocycles. The van der Waals surface area contributed by atoms with Gasteiger partial charge in [0.25, 0.3) is 11.8 Å². The number of halogens is 3. The van der Waals surface area contributed by atoms with Crippen LogP contribution >= 0.6 is 23.2 Å². The highest BCUT2D eigenvalue weighted by molar-refractivity contribution is 6.31. The van der Waals surface area contributed by atoms with Gasteiger partial charge in [-0.05, 0) is 83.5 Å². The van der Waals surface area contributed by atoms with Crippen LogP contribution in [0.25, 0.3) is 0 Å². The van der Waals surface area contributed by atoms with E-state index < -0.39 is 41.0 Å². The lowest BCUT2D eigenvalue weighted by atomic mass is 9.63. The summed E-state index contributed by atoms with van der Waals surface area (Å²) in [5.41, 5.74) is 3.71. The van der Waals surface area contributed by atoms with Gasteiger partial charge in [-0.3, -0.25) is 29.3 Å². The summed E-state index contributed by atoms with van der Waals surface area (Å²) in [4.78, 5) is 69.5. The second-order valence-corrected chi connectivity index (χ2v) is 19.9. The quantitative estimate of drug-likeness (QED) is 0.107. The molecule has 6 atom stereocenters. The zero-order chi connectivity index (χ0) is 47.4. The summed E-state index contributed by atoms with van der Waals surface area (Å²) in [6, 6.07) is 18.8. The number of morpholine rings is 1. The third-order valence-electron chi connectivity index (χ3n) is 13.6. The molecule has 5 amide bonds. The summed E-state index contributed by atoms with van der Waals surface area (Å²) >= 11 is 12.9. The molecule has 9 rings (SSSR count). The van der Waals surface area contributed by atoms with Gasteiger partial charge in [-0.2, -0.15) is 0 Å². The molecule has 0 aromatic heterocycles. The van der Waals surface area contributed by atoms with E-state index >= 15 is 4.39 Å². The van der Waals surface area contributed by atoms with E-state index in [2.05, 4.69) is 53.9 Å². The monoisotopic (exact) mass is 948 g/mol. The molecule has 1 unspecified atom stereocenters. The zero-order valence-electron chi connectivity index (χ0n) is 37.6. The summed E-state index contributed by atoms with van der Waals surface area (Å²) in [5, 5.41) is 13.1. The molecule has 348 valence electrons. The molecule has 0 bridgehead atoms. The molecule has 3 fully saturated rings. The minimum atomic E-state index is -0.916. The highest BCUT2D eigenvalue weighted by Crippen LogP contribution is 2.56. The van der Waals surface area contributed by atoms with Crippen molar-refractivity contribution < 1.29 is 37.8 Å². The van der Waals surface area contributed by atoms with E-state index in [9.17, 15) is 24.0 Å². The van der Waals surface area contributed by atoms with Crippen LogP contribution in [-0.2, 0) is 31.1 Å². The van der Waals surface area contributed by atoms with Crippen LogP contribution in [0.4, 0.5) is 15.8 Å². The maximum absolute atomic E-state index is 16.3. The highest BCUT2D eigenvalue weighted by Gasteiger charge is 2.61. The van der Waals surface area contributed by atoms with E-state index in [1.165, 1.54) is 18.1 Å². The molecule has 0 aliphatic carbocycles. The normalized spacial score (nSPS) is 24.4. The SMILES string of the molecule is COc1cc(C(=O)N2CCO[C@@H](CC#Cc3cccc4c3CN(C3CCC(=O)NC3=O)C4=O)C2)ccc1NC(=O)[C@@H]1N[C@@H](CC(C)(C)C)[C@@]2(CNc3cc(Cl)ccc32)[C@H]1c1cccc(Cl)c1F. The summed E-state index contributed by atoms with van der Waals surface area (Å²) in [7, 11) is 1.46. The average molecular weight is 950 g/mol. The van der Waals surface area contributed by atoms with Gasteiger partial charge in [0.15, 0.2) is 0 Å². The van der Waals surface area contributed by atoms with Crippen molar-refractivity contribution >= 4 is 64.1 Å². The van der Waals surface area contributed by atoms with Gasteiger partial charge in [-0.15, -0.1) is 0 Å². The molecule has 4 N–H and O–H groups in total. The fraction of sp³-hybridized carbons (Fsp3) is 0.392. The zero-order valence-corrected chi connectivity index (χ0v) is 39.1. The summed E-state index contributed by atoms with van der Waals surface area (Å²) in [6.45, 7) is 7.98. The molecule has 67 heavy (non-hydrogen) atoms. The van der Waals surface area contributed by atoms with Crippen molar-refractivity contribution in [3.8, 4) is 17.6 Å². The first kappa shape index (κ1) is 46.1. The lowest BCUT2D eigenvalue weighted by Crippen LogP contribution is -2.52. The van der Waals surface area contributed by atoms with E-state index in [0.29, 0.717) is 65.5 Å². The van der Waals surface area contributed by atoms with Gasteiger partial charge < -0.3 is 35.2 Å². The van der Waals surface area contributed by atoms with E-state index in [4.69, 9.17) is 32.7 Å². The van der Waals surface area contributed by atoms with Crippen molar-refractivity contribution in [1.29, 1.82) is 0 Å². The van der Waals surface area contributed by atoms with E-state index in [0.717, 1.165) is 16.8 Å². The number of hydrogen-bond donors (Lipinski definition) is 4. The molecule has 13 nitrogen and oxygen atoms in total. The smallest absolute Gasteiger partial charge is 0.255 e. The van der Waals surface area contributed by atoms with Crippen LogP contribution < -0.4 is 26.0 Å². The number of anilines is 2. The van der Waals surface area contributed by atoms with Crippen LogP contribution in [0.2, 0.25) is 10.0 Å². The molecule has 16 heteroatoms. The fourth-order valence-corrected chi connectivity index (χ4v) is 10.9. The Balaban J connectivity index is 0.911. The largest absolute Gasteiger partial charge is 0.495 e. The molecule has 4 aromatic rings. The van der Waals surface area contributed by atoms with Gasteiger partial charge in [0.05, 0.1) is 36.6 Å². The number of fused-ring (bicyclic) bond motifs is 3. The number of benzene rings is 4. The summed E-state index contributed by atoms with van der Waals surface area (Å²) in [5.74, 6) is 3.60. The Hall–Kier alpha value is -5.98. The number of amides is 5. The fourth-order valence-electron chi connectivity index (χ4n) is 10.6. The number of methoxy groups -OCH3 is 1. The number of hydrogen-bond acceptors (Lipinski definition) is 9. The number of ether oxygens (including phenoxy) is 2. The van der Waals surface area contributed by atoms with E-state index in [1.807, 2.05) is 24.3 Å².